The van der Waals surface area contributed by atoms with E-state index in [9.17, 15) is 18.1 Å². The Bertz CT molecular complexity index is 383. The molecule has 0 saturated carbocycles. The minimum atomic E-state index is -4.62. The van der Waals surface area contributed by atoms with Gasteiger partial charge in [-0.2, -0.15) is 0 Å². The summed E-state index contributed by atoms with van der Waals surface area (Å²) in [5.74, 6) is 0. The van der Waals surface area contributed by atoms with E-state index >= 15 is 0 Å². The summed E-state index contributed by atoms with van der Waals surface area (Å²) in [6, 6.07) is 0. The van der Waals surface area contributed by atoms with Gasteiger partial charge < -0.3 is 9.66 Å². The molecule has 0 aromatic carbocycles. The van der Waals surface area contributed by atoms with Crippen LogP contribution in [0.25, 0.3) is 0 Å². The number of hydrogen-bond acceptors (Lipinski definition) is 4. The Morgan fingerprint density at radius 3 is 1.28 bits per heavy atom. The second-order valence-corrected chi connectivity index (χ2v) is 9.12. The van der Waals surface area contributed by atoms with Gasteiger partial charge in [0, 0.05) is 0 Å². The Morgan fingerprint density at radius 2 is 1.00 bits per heavy atom. The fourth-order valence-corrected chi connectivity index (χ4v) is 3.34. The molecule has 146 valence electrons. The average Bonchev–Trinajstić information content (AvgIpc) is 2.50. The van der Waals surface area contributed by atoms with Gasteiger partial charge in [-0.15, -0.1) is 0 Å². The molecule has 0 aromatic rings. The standard InChI is InChI=1S/C19H40O4S.Na/c1-3-4-5-6-7-8-9-10-11-12-13-14-15-16-17-18-19(2,20)24(21,22)23;/h20H,3-18H2,1-2H3,(H,21,22,23);/q;+1/p-1. The second kappa shape index (κ2) is 17.0. The van der Waals surface area contributed by atoms with Crippen LogP contribution in [0.3, 0.4) is 0 Å². The molecule has 0 aliphatic heterocycles. The first kappa shape index (κ1) is 28.1. The maximum Gasteiger partial charge on any atom is 1.00 e. The summed E-state index contributed by atoms with van der Waals surface area (Å²) in [6.07, 6.45) is 18.5. The first-order chi connectivity index (χ1) is 11.3. The normalized spacial score (nSPS) is 14.1. The van der Waals surface area contributed by atoms with Crippen LogP contribution in [0.4, 0.5) is 0 Å². The first-order valence-corrected chi connectivity index (χ1v) is 11.4. The third-order valence-electron chi connectivity index (χ3n) is 4.78. The van der Waals surface area contributed by atoms with E-state index in [1.807, 2.05) is 0 Å². The Balaban J connectivity index is 0. The zero-order valence-corrected chi connectivity index (χ0v) is 19.7. The molecule has 0 spiro atoms. The molecule has 0 aliphatic rings. The summed E-state index contributed by atoms with van der Waals surface area (Å²) < 4.78 is 32.5. The van der Waals surface area contributed by atoms with Crippen molar-refractivity contribution in [3.8, 4) is 0 Å². The zero-order chi connectivity index (χ0) is 18.3. The van der Waals surface area contributed by atoms with Crippen LogP contribution in [0.15, 0.2) is 0 Å². The van der Waals surface area contributed by atoms with Gasteiger partial charge in [-0.25, -0.2) is 8.42 Å². The summed E-state index contributed by atoms with van der Waals surface area (Å²) >= 11 is 0. The van der Waals surface area contributed by atoms with Crippen molar-refractivity contribution in [3.63, 3.8) is 0 Å². The fraction of sp³-hybridized carbons (Fsp3) is 1.00. The molecular weight excluding hydrogens is 347 g/mol. The topological polar surface area (TPSA) is 77.4 Å². The van der Waals surface area contributed by atoms with E-state index in [0.29, 0.717) is 6.42 Å². The van der Waals surface area contributed by atoms with Crippen molar-refractivity contribution in [1.82, 2.24) is 0 Å². The minimum absolute atomic E-state index is 0. The van der Waals surface area contributed by atoms with Crippen molar-refractivity contribution in [2.75, 3.05) is 0 Å². The van der Waals surface area contributed by atoms with Crippen LogP contribution in [0.5, 0.6) is 0 Å². The SMILES string of the molecule is CCCCCCCCCCCCCCCCCC(C)(O)S(=O)(=O)[O-].[Na+]. The van der Waals surface area contributed by atoms with Gasteiger partial charge in [-0.1, -0.05) is 96.8 Å². The Kier molecular flexibility index (Phi) is 19.1. The van der Waals surface area contributed by atoms with E-state index in [2.05, 4.69) is 6.92 Å². The molecule has 0 radical (unpaired) electrons. The molecule has 0 bridgehead atoms. The van der Waals surface area contributed by atoms with Crippen LogP contribution < -0.4 is 29.6 Å². The van der Waals surface area contributed by atoms with Gasteiger partial charge in [0.1, 0.15) is 10.1 Å². The first-order valence-electron chi connectivity index (χ1n) is 9.99. The number of hydrogen-bond donors (Lipinski definition) is 1. The summed E-state index contributed by atoms with van der Waals surface area (Å²) in [5.41, 5.74) is 0. The second-order valence-electron chi connectivity index (χ2n) is 7.33. The molecule has 6 heteroatoms. The van der Waals surface area contributed by atoms with Crippen LogP contribution in [0.1, 0.15) is 117 Å². The van der Waals surface area contributed by atoms with Crippen molar-refractivity contribution >= 4 is 10.1 Å². The third-order valence-corrected chi connectivity index (χ3v) is 6.06. The zero-order valence-electron chi connectivity index (χ0n) is 16.9. The largest absolute Gasteiger partial charge is 1.00 e. The van der Waals surface area contributed by atoms with Crippen molar-refractivity contribution < 1.29 is 47.6 Å². The Morgan fingerprint density at radius 1 is 0.720 bits per heavy atom. The predicted octanol–water partition coefficient (Wildman–Crippen LogP) is 2.51. The quantitative estimate of drug-likeness (QED) is 0.237. The summed E-state index contributed by atoms with van der Waals surface area (Å²) in [6.45, 7) is 3.35. The molecule has 4 nitrogen and oxygen atoms in total. The molecule has 25 heavy (non-hydrogen) atoms. The van der Waals surface area contributed by atoms with Crippen molar-refractivity contribution in [1.29, 1.82) is 0 Å². The average molecular weight is 387 g/mol. The molecular formula is C19H39NaO4S. The van der Waals surface area contributed by atoms with Gasteiger partial charge >= 0.3 is 29.6 Å². The third kappa shape index (κ3) is 16.7. The molecule has 0 amide bonds. The van der Waals surface area contributed by atoms with Crippen molar-refractivity contribution in [2.45, 2.75) is 122 Å². The molecule has 0 heterocycles. The van der Waals surface area contributed by atoms with Gasteiger partial charge in [0.15, 0.2) is 4.93 Å². The van der Waals surface area contributed by atoms with Crippen LogP contribution in [0, 0.1) is 0 Å². The van der Waals surface area contributed by atoms with E-state index in [1.54, 1.807) is 0 Å². The van der Waals surface area contributed by atoms with E-state index in [0.717, 1.165) is 26.2 Å². The van der Waals surface area contributed by atoms with E-state index in [4.69, 9.17) is 0 Å². The number of aliphatic hydroxyl groups is 1. The molecule has 1 N–H and O–H groups in total. The molecule has 1 unspecified atom stereocenters. The van der Waals surface area contributed by atoms with Crippen LogP contribution in [-0.2, 0) is 10.1 Å². The van der Waals surface area contributed by atoms with Crippen LogP contribution >= 0.6 is 0 Å². The smallest absolute Gasteiger partial charge is 0.746 e. The molecule has 1 atom stereocenters. The van der Waals surface area contributed by atoms with Crippen LogP contribution in [0.2, 0.25) is 0 Å². The maximum absolute atomic E-state index is 10.8. The van der Waals surface area contributed by atoms with Gasteiger partial charge in [-0.3, -0.25) is 0 Å². The van der Waals surface area contributed by atoms with E-state index in [1.165, 1.54) is 70.6 Å². The maximum atomic E-state index is 10.8. The Hall–Kier alpha value is 0.870. The van der Waals surface area contributed by atoms with E-state index in [-0.39, 0.29) is 36.0 Å². The van der Waals surface area contributed by atoms with Crippen molar-refractivity contribution in [2.24, 2.45) is 0 Å². The molecule has 0 rings (SSSR count). The number of unbranched alkanes of at least 4 members (excludes halogenated alkanes) is 14. The molecule has 0 aliphatic carbocycles. The summed E-state index contributed by atoms with van der Waals surface area (Å²) in [5, 5.41) is 9.55. The summed E-state index contributed by atoms with van der Waals surface area (Å²) in [4.78, 5) is -2.11. The molecule has 0 aromatic heterocycles. The monoisotopic (exact) mass is 386 g/mol. The molecule has 0 saturated heterocycles. The van der Waals surface area contributed by atoms with Gasteiger partial charge in [0.2, 0.25) is 0 Å². The van der Waals surface area contributed by atoms with Gasteiger partial charge in [0.05, 0.1) is 0 Å². The van der Waals surface area contributed by atoms with Crippen LogP contribution in [-0.4, -0.2) is 23.0 Å². The predicted molar refractivity (Wildman–Crippen MR) is 99.9 cm³/mol. The minimum Gasteiger partial charge on any atom is -0.746 e. The number of rotatable bonds is 17. The molecule has 0 fully saturated rings. The van der Waals surface area contributed by atoms with Crippen molar-refractivity contribution in [3.05, 3.63) is 0 Å². The Labute approximate surface area is 178 Å². The van der Waals surface area contributed by atoms with E-state index < -0.39 is 15.1 Å². The fourth-order valence-electron chi connectivity index (χ4n) is 2.95. The van der Waals surface area contributed by atoms with Gasteiger partial charge in [0.25, 0.3) is 0 Å². The summed E-state index contributed by atoms with van der Waals surface area (Å²) in [7, 11) is -4.62. The van der Waals surface area contributed by atoms with Gasteiger partial charge in [-0.05, 0) is 19.8 Å².